The molecule has 0 bridgehead atoms. The zero-order valence-electron chi connectivity index (χ0n) is 10.7. The van der Waals surface area contributed by atoms with Crippen LogP contribution in [0.25, 0.3) is 0 Å². The van der Waals surface area contributed by atoms with E-state index >= 15 is 0 Å². The topological polar surface area (TPSA) is 55.2 Å². The second kappa shape index (κ2) is 6.45. The smallest absolute Gasteiger partial charge is 0.269 e. The van der Waals surface area contributed by atoms with E-state index in [1.807, 2.05) is 0 Å². The highest BCUT2D eigenvalue weighted by molar-refractivity contribution is 7.07. The van der Waals surface area contributed by atoms with Gasteiger partial charge in [0.1, 0.15) is 0 Å². The zero-order valence-corrected chi connectivity index (χ0v) is 11.5. The van der Waals surface area contributed by atoms with E-state index in [2.05, 4.69) is 29.1 Å². The summed E-state index contributed by atoms with van der Waals surface area (Å²) in [7, 11) is 0. The summed E-state index contributed by atoms with van der Waals surface area (Å²) >= 11 is 1.71. The SMILES string of the molecule is CC(Cc1ccsc1)NCc1ccc([N+](=O)[O-])cc1. The van der Waals surface area contributed by atoms with Crippen molar-refractivity contribution in [3.05, 3.63) is 62.3 Å². The van der Waals surface area contributed by atoms with Crippen molar-refractivity contribution in [2.75, 3.05) is 0 Å². The van der Waals surface area contributed by atoms with E-state index in [1.165, 1.54) is 5.56 Å². The number of nitro groups is 1. The zero-order chi connectivity index (χ0) is 13.7. The quantitative estimate of drug-likeness (QED) is 0.650. The molecule has 19 heavy (non-hydrogen) atoms. The first-order chi connectivity index (χ1) is 9.15. The number of benzene rings is 1. The third-order valence-electron chi connectivity index (χ3n) is 2.92. The van der Waals surface area contributed by atoms with Crippen LogP contribution in [0.15, 0.2) is 41.1 Å². The molecule has 5 heteroatoms. The monoisotopic (exact) mass is 276 g/mol. The van der Waals surface area contributed by atoms with Crippen molar-refractivity contribution in [3.8, 4) is 0 Å². The molecule has 0 amide bonds. The summed E-state index contributed by atoms with van der Waals surface area (Å²) in [6.45, 7) is 2.87. The summed E-state index contributed by atoms with van der Waals surface area (Å²) in [5.74, 6) is 0. The number of non-ortho nitro benzene ring substituents is 1. The fraction of sp³-hybridized carbons (Fsp3) is 0.286. The Labute approximate surface area is 116 Å². The third kappa shape index (κ3) is 4.15. The van der Waals surface area contributed by atoms with Gasteiger partial charge in [-0.1, -0.05) is 12.1 Å². The Morgan fingerprint density at radius 2 is 2.00 bits per heavy atom. The minimum absolute atomic E-state index is 0.134. The van der Waals surface area contributed by atoms with Gasteiger partial charge in [-0.05, 0) is 41.3 Å². The number of thiophene rings is 1. The standard InChI is InChI=1S/C14H16N2O2S/c1-11(8-13-6-7-19-10-13)15-9-12-2-4-14(5-3-12)16(17)18/h2-7,10-11,15H,8-9H2,1H3. The van der Waals surface area contributed by atoms with Crippen molar-refractivity contribution in [3.63, 3.8) is 0 Å². The molecular formula is C14H16N2O2S. The first kappa shape index (κ1) is 13.7. The average Bonchev–Trinajstić information content (AvgIpc) is 2.89. The van der Waals surface area contributed by atoms with Crippen molar-refractivity contribution in [1.82, 2.24) is 5.32 Å². The molecule has 0 aliphatic rings. The van der Waals surface area contributed by atoms with E-state index in [0.29, 0.717) is 6.04 Å². The Morgan fingerprint density at radius 1 is 1.26 bits per heavy atom. The minimum Gasteiger partial charge on any atom is -0.310 e. The number of nitrogens with one attached hydrogen (secondary N) is 1. The van der Waals surface area contributed by atoms with Gasteiger partial charge in [0, 0.05) is 24.7 Å². The fourth-order valence-corrected chi connectivity index (χ4v) is 2.54. The van der Waals surface area contributed by atoms with Crippen LogP contribution in [-0.4, -0.2) is 11.0 Å². The Hall–Kier alpha value is -1.72. The van der Waals surface area contributed by atoms with Gasteiger partial charge in [-0.3, -0.25) is 10.1 Å². The molecule has 0 spiro atoms. The van der Waals surface area contributed by atoms with Gasteiger partial charge < -0.3 is 5.32 Å². The molecule has 1 atom stereocenters. The molecule has 4 nitrogen and oxygen atoms in total. The minimum atomic E-state index is -0.379. The number of rotatable bonds is 6. The van der Waals surface area contributed by atoms with Crippen LogP contribution in [-0.2, 0) is 13.0 Å². The summed E-state index contributed by atoms with van der Waals surface area (Å²) in [6, 6.07) is 9.19. The summed E-state index contributed by atoms with van der Waals surface area (Å²) in [5, 5.41) is 18.2. The van der Waals surface area contributed by atoms with E-state index in [4.69, 9.17) is 0 Å². The number of nitro benzene ring substituents is 1. The summed E-state index contributed by atoms with van der Waals surface area (Å²) < 4.78 is 0. The molecule has 2 aromatic rings. The predicted octanol–water partition coefficient (Wildman–Crippen LogP) is 3.38. The highest BCUT2D eigenvalue weighted by Crippen LogP contribution is 2.12. The number of hydrogen-bond donors (Lipinski definition) is 1. The van der Waals surface area contributed by atoms with Gasteiger partial charge in [-0.25, -0.2) is 0 Å². The fourth-order valence-electron chi connectivity index (χ4n) is 1.86. The van der Waals surface area contributed by atoms with Crippen LogP contribution in [0.2, 0.25) is 0 Å². The van der Waals surface area contributed by atoms with Crippen LogP contribution in [0.1, 0.15) is 18.1 Å². The lowest BCUT2D eigenvalue weighted by Gasteiger charge is -2.12. The molecule has 0 radical (unpaired) electrons. The lowest BCUT2D eigenvalue weighted by Crippen LogP contribution is -2.27. The Kier molecular flexibility index (Phi) is 4.65. The van der Waals surface area contributed by atoms with Crippen LogP contribution in [0.3, 0.4) is 0 Å². The van der Waals surface area contributed by atoms with E-state index in [0.717, 1.165) is 18.5 Å². The Bertz CT molecular complexity index is 523. The molecule has 2 rings (SSSR count). The molecule has 1 aromatic carbocycles. The second-order valence-corrected chi connectivity index (χ2v) is 5.32. The normalized spacial score (nSPS) is 12.3. The molecule has 0 fully saturated rings. The lowest BCUT2D eigenvalue weighted by atomic mass is 10.1. The van der Waals surface area contributed by atoms with Crippen molar-refractivity contribution in [1.29, 1.82) is 0 Å². The highest BCUT2D eigenvalue weighted by atomic mass is 32.1. The Morgan fingerprint density at radius 3 is 2.58 bits per heavy atom. The van der Waals surface area contributed by atoms with Crippen LogP contribution < -0.4 is 5.32 Å². The van der Waals surface area contributed by atoms with Gasteiger partial charge in [0.25, 0.3) is 5.69 Å². The van der Waals surface area contributed by atoms with E-state index in [1.54, 1.807) is 35.6 Å². The Balaban J connectivity index is 1.83. The first-order valence-electron chi connectivity index (χ1n) is 6.13. The van der Waals surface area contributed by atoms with E-state index < -0.39 is 0 Å². The molecule has 1 unspecified atom stereocenters. The molecule has 0 aliphatic heterocycles. The van der Waals surface area contributed by atoms with Crippen molar-refractivity contribution in [2.24, 2.45) is 0 Å². The van der Waals surface area contributed by atoms with Crippen LogP contribution in [0.5, 0.6) is 0 Å². The maximum atomic E-state index is 10.5. The molecule has 1 heterocycles. The van der Waals surface area contributed by atoms with Gasteiger partial charge >= 0.3 is 0 Å². The van der Waals surface area contributed by atoms with Crippen molar-refractivity contribution < 1.29 is 4.92 Å². The molecule has 0 saturated heterocycles. The third-order valence-corrected chi connectivity index (χ3v) is 3.66. The predicted molar refractivity (Wildman–Crippen MR) is 77.4 cm³/mol. The average molecular weight is 276 g/mol. The van der Waals surface area contributed by atoms with Gasteiger partial charge in [-0.15, -0.1) is 0 Å². The van der Waals surface area contributed by atoms with Gasteiger partial charge in [0.15, 0.2) is 0 Å². The summed E-state index contributed by atoms with van der Waals surface area (Å²) in [6.07, 6.45) is 0.997. The molecule has 100 valence electrons. The summed E-state index contributed by atoms with van der Waals surface area (Å²) in [5.41, 5.74) is 2.53. The van der Waals surface area contributed by atoms with Crippen LogP contribution in [0.4, 0.5) is 5.69 Å². The van der Waals surface area contributed by atoms with Crippen LogP contribution in [0, 0.1) is 10.1 Å². The second-order valence-electron chi connectivity index (χ2n) is 4.54. The molecule has 1 aromatic heterocycles. The van der Waals surface area contributed by atoms with E-state index in [9.17, 15) is 10.1 Å². The van der Waals surface area contributed by atoms with Gasteiger partial charge in [-0.2, -0.15) is 11.3 Å². The van der Waals surface area contributed by atoms with Gasteiger partial charge in [0.05, 0.1) is 4.92 Å². The number of nitrogens with zero attached hydrogens (tertiary/aromatic N) is 1. The van der Waals surface area contributed by atoms with Crippen molar-refractivity contribution in [2.45, 2.75) is 25.9 Å². The first-order valence-corrected chi connectivity index (χ1v) is 7.07. The largest absolute Gasteiger partial charge is 0.310 e. The van der Waals surface area contributed by atoms with Crippen LogP contribution >= 0.6 is 11.3 Å². The van der Waals surface area contributed by atoms with Gasteiger partial charge in [0.2, 0.25) is 0 Å². The molecule has 1 N–H and O–H groups in total. The maximum absolute atomic E-state index is 10.5. The van der Waals surface area contributed by atoms with E-state index in [-0.39, 0.29) is 10.6 Å². The maximum Gasteiger partial charge on any atom is 0.269 e. The highest BCUT2D eigenvalue weighted by Gasteiger charge is 2.06. The van der Waals surface area contributed by atoms with Crippen molar-refractivity contribution >= 4 is 17.0 Å². The molecule has 0 aliphatic carbocycles. The summed E-state index contributed by atoms with van der Waals surface area (Å²) in [4.78, 5) is 10.2. The molecular weight excluding hydrogens is 260 g/mol. The molecule has 0 saturated carbocycles. The lowest BCUT2D eigenvalue weighted by molar-refractivity contribution is -0.384. The number of hydrogen-bond acceptors (Lipinski definition) is 4.